The minimum Gasteiger partial charge on any atom is -0.411 e. The zero-order valence-electron chi connectivity index (χ0n) is 16.2. The number of rotatable bonds is 6. The fourth-order valence-corrected chi connectivity index (χ4v) is 6.29. The van der Waals surface area contributed by atoms with Crippen molar-refractivity contribution in [3.63, 3.8) is 0 Å². The van der Waals surface area contributed by atoms with Crippen LogP contribution in [0.5, 0.6) is 0 Å². The maximum Gasteiger partial charge on any atom is 0.217 e. The van der Waals surface area contributed by atoms with Gasteiger partial charge in [0.25, 0.3) is 0 Å². The average molecular weight is 436 g/mol. The number of hydrogen-bond acceptors (Lipinski definition) is 9. The quantitative estimate of drug-likeness (QED) is 0.420. The Bertz CT molecular complexity index is 1090. The van der Waals surface area contributed by atoms with Gasteiger partial charge in [0, 0.05) is 19.1 Å². The summed E-state index contributed by atoms with van der Waals surface area (Å²) in [5.41, 5.74) is 0.535. The third kappa shape index (κ3) is 3.67. The topological polar surface area (TPSA) is 122 Å². The van der Waals surface area contributed by atoms with Crippen molar-refractivity contribution in [2.75, 3.05) is 13.7 Å². The van der Waals surface area contributed by atoms with Crippen molar-refractivity contribution in [1.29, 1.82) is 5.26 Å². The van der Waals surface area contributed by atoms with E-state index >= 15 is 0 Å². The van der Waals surface area contributed by atoms with Gasteiger partial charge in [-0.15, -0.1) is 11.3 Å². The first-order valence-corrected chi connectivity index (χ1v) is 11.2. The number of oxime groups is 1. The molecular formula is C19H21N3O5S2. The van der Waals surface area contributed by atoms with Gasteiger partial charge in [0.2, 0.25) is 9.84 Å². The van der Waals surface area contributed by atoms with Crippen molar-refractivity contribution in [1.82, 2.24) is 4.98 Å². The molecule has 0 saturated carbocycles. The summed E-state index contributed by atoms with van der Waals surface area (Å²) in [5.74, 6) is 0. The molecule has 1 aromatic carbocycles. The molecule has 0 spiro atoms. The molecule has 2 atom stereocenters. The molecule has 29 heavy (non-hydrogen) atoms. The van der Waals surface area contributed by atoms with Gasteiger partial charge in [0.1, 0.15) is 14.8 Å². The Morgan fingerprint density at radius 1 is 1.55 bits per heavy atom. The number of sulfone groups is 1. The molecule has 1 aliphatic rings. The largest absolute Gasteiger partial charge is 0.411 e. The predicted molar refractivity (Wildman–Crippen MR) is 106 cm³/mol. The van der Waals surface area contributed by atoms with Gasteiger partial charge in [-0.3, -0.25) is 0 Å². The average Bonchev–Trinajstić information content (AvgIpc) is 3.35. The summed E-state index contributed by atoms with van der Waals surface area (Å²) in [6.07, 6.45) is 1.68. The summed E-state index contributed by atoms with van der Waals surface area (Å²) in [5, 5.41) is 21.8. The van der Waals surface area contributed by atoms with Crippen molar-refractivity contribution < 1.29 is 23.1 Å². The second kappa shape index (κ2) is 8.20. The molecule has 1 fully saturated rings. The van der Waals surface area contributed by atoms with Crippen LogP contribution in [0.25, 0.3) is 0 Å². The molecule has 1 N–H and O–H groups in total. The first-order chi connectivity index (χ1) is 13.8. The van der Waals surface area contributed by atoms with Gasteiger partial charge in [-0.05, 0) is 31.5 Å². The lowest BCUT2D eigenvalue weighted by Gasteiger charge is -2.28. The number of methoxy groups -OCH3 is 1. The highest BCUT2D eigenvalue weighted by molar-refractivity contribution is 7.93. The Morgan fingerprint density at radius 2 is 2.31 bits per heavy atom. The fourth-order valence-electron chi connectivity index (χ4n) is 3.43. The summed E-state index contributed by atoms with van der Waals surface area (Å²) in [4.78, 5) is 4.38. The van der Waals surface area contributed by atoms with Gasteiger partial charge >= 0.3 is 0 Å². The maximum absolute atomic E-state index is 13.2. The molecule has 0 radical (unpaired) electrons. The van der Waals surface area contributed by atoms with E-state index in [0.717, 1.165) is 11.3 Å². The fraction of sp³-hybridized carbons (Fsp3) is 0.421. The Balaban J connectivity index is 2.04. The number of hydrogen-bond donors (Lipinski definition) is 1. The lowest BCUT2D eigenvalue weighted by atomic mass is 9.97. The molecular weight excluding hydrogens is 414 g/mol. The summed E-state index contributed by atoms with van der Waals surface area (Å²) in [6, 6.07) is 6.43. The number of ether oxygens (including phenoxy) is 2. The van der Waals surface area contributed by atoms with Crippen molar-refractivity contribution in [2.24, 2.45) is 5.16 Å². The van der Waals surface area contributed by atoms with E-state index in [0.29, 0.717) is 34.9 Å². The monoisotopic (exact) mass is 435 g/mol. The van der Waals surface area contributed by atoms with Gasteiger partial charge in [0.05, 0.1) is 42.0 Å². The van der Waals surface area contributed by atoms with Crippen molar-refractivity contribution in [2.45, 2.75) is 47.5 Å². The molecule has 10 heteroatoms. The van der Waals surface area contributed by atoms with E-state index in [-0.39, 0.29) is 21.6 Å². The molecule has 0 amide bonds. The highest BCUT2D eigenvalue weighted by Gasteiger charge is 2.46. The zero-order chi connectivity index (χ0) is 21.2. The Kier molecular flexibility index (Phi) is 6.05. The highest BCUT2D eigenvalue weighted by Crippen LogP contribution is 2.42. The summed E-state index contributed by atoms with van der Waals surface area (Å²) >= 11 is 1.06. The van der Waals surface area contributed by atoms with Crippen LogP contribution in [-0.4, -0.2) is 44.1 Å². The maximum atomic E-state index is 13.2. The van der Waals surface area contributed by atoms with Crippen molar-refractivity contribution >= 4 is 26.9 Å². The molecule has 1 aromatic heterocycles. The van der Waals surface area contributed by atoms with E-state index in [1.807, 2.05) is 13.0 Å². The van der Waals surface area contributed by atoms with Crippen LogP contribution >= 0.6 is 11.3 Å². The Morgan fingerprint density at radius 3 is 2.90 bits per heavy atom. The van der Waals surface area contributed by atoms with E-state index in [2.05, 4.69) is 10.1 Å². The summed E-state index contributed by atoms with van der Waals surface area (Å²) in [6.45, 7) is 3.97. The van der Waals surface area contributed by atoms with Crippen LogP contribution in [0.2, 0.25) is 0 Å². The van der Waals surface area contributed by atoms with E-state index in [4.69, 9.17) is 19.9 Å². The number of nitriles is 1. The molecule has 2 unspecified atom stereocenters. The molecule has 2 heterocycles. The van der Waals surface area contributed by atoms with Gasteiger partial charge in [-0.1, -0.05) is 11.2 Å². The molecule has 1 aliphatic heterocycles. The van der Waals surface area contributed by atoms with Crippen molar-refractivity contribution in [3.05, 3.63) is 40.5 Å². The van der Waals surface area contributed by atoms with Crippen LogP contribution in [0.15, 0.2) is 38.7 Å². The lowest BCUT2D eigenvalue weighted by Crippen LogP contribution is -2.35. The van der Waals surface area contributed by atoms with Gasteiger partial charge in [-0.2, -0.15) is 5.26 Å². The van der Waals surface area contributed by atoms with E-state index in [1.165, 1.54) is 18.3 Å². The minimum absolute atomic E-state index is 0.0128. The minimum atomic E-state index is -3.84. The normalized spacial score (nSPS) is 22.6. The third-order valence-electron chi connectivity index (χ3n) is 5.17. The second-order valence-electron chi connectivity index (χ2n) is 6.68. The Hall–Kier alpha value is -2.32. The number of benzene rings is 1. The standard InChI is InChI=1S/C19H21N3O5S2/c1-12(22-23)16-5-4-15(10-14(16)6-8-20)29(24,25)17-11-21-18(28-17)19(26-3)7-9-27-13(19)2/h4-5,10-11,13,23H,6-7,9H2,1-3H3/b22-12+. The predicted octanol–water partition coefficient (Wildman–Crippen LogP) is 2.89. The van der Waals surface area contributed by atoms with Crippen molar-refractivity contribution in [3.8, 4) is 6.07 Å². The van der Waals surface area contributed by atoms with Crippen LogP contribution in [0.1, 0.15) is 36.4 Å². The molecule has 1 saturated heterocycles. The summed E-state index contributed by atoms with van der Waals surface area (Å²) in [7, 11) is -2.27. The highest BCUT2D eigenvalue weighted by atomic mass is 32.2. The SMILES string of the molecule is COC1(c2ncc(S(=O)(=O)c3ccc(/C(C)=N/O)c(CC#N)c3)s2)CCOC1C. The first-order valence-electron chi connectivity index (χ1n) is 8.87. The van der Waals surface area contributed by atoms with Crippen LogP contribution < -0.4 is 0 Å². The molecule has 0 bridgehead atoms. The molecule has 154 valence electrons. The second-order valence-corrected chi connectivity index (χ2v) is 9.89. The van der Waals surface area contributed by atoms with Crippen LogP contribution in [0.4, 0.5) is 0 Å². The van der Waals surface area contributed by atoms with Gasteiger partial charge < -0.3 is 14.7 Å². The van der Waals surface area contributed by atoms with Crippen LogP contribution in [0.3, 0.4) is 0 Å². The van der Waals surface area contributed by atoms with Crippen LogP contribution in [0, 0.1) is 11.3 Å². The first kappa shape index (κ1) is 21.4. The summed E-state index contributed by atoms with van der Waals surface area (Å²) < 4.78 is 37.7. The van der Waals surface area contributed by atoms with Gasteiger partial charge in [0.15, 0.2) is 0 Å². The zero-order valence-corrected chi connectivity index (χ0v) is 17.9. The van der Waals surface area contributed by atoms with E-state index < -0.39 is 15.4 Å². The number of nitrogens with zero attached hydrogens (tertiary/aromatic N) is 3. The van der Waals surface area contributed by atoms with E-state index in [1.54, 1.807) is 20.1 Å². The molecule has 2 aromatic rings. The molecule has 3 rings (SSSR count). The molecule has 0 aliphatic carbocycles. The third-order valence-corrected chi connectivity index (χ3v) is 8.54. The lowest BCUT2D eigenvalue weighted by molar-refractivity contribution is -0.0647. The molecule has 8 nitrogen and oxygen atoms in total. The number of thiazole rings is 1. The Labute approximate surface area is 173 Å². The van der Waals surface area contributed by atoms with E-state index in [9.17, 15) is 8.42 Å². The van der Waals surface area contributed by atoms with Crippen LogP contribution in [-0.2, 0) is 31.3 Å². The van der Waals surface area contributed by atoms with Gasteiger partial charge in [-0.25, -0.2) is 13.4 Å². The smallest absolute Gasteiger partial charge is 0.217 e. The number of aromatic nitrogens is 1.